The molecule has 1 N–H and O–H groups in total. The number of carbonyl (C=O) groups is 1. The van der Waals surface area contributed by atoms with Crippen LogP contribution in [0.15, 0.2) is 54.1 Å². The lowest BCUT2D eigenvalue weighted by Gasteiger charge is -2.13. The zero-order valence-electron chi connectivity index (χ0n) is 14.2. The Morgan fingerprint density at radius 2 is 1.80 bits per heavy atom. The lowest BCUT2D eigenvalue weighted by molar-refractivity contribution is -0.136. The Bertz CT molecular complexity index is 750. The van der Waals surface area contributed by atoms with Gasteiger partial charge in [-0.25, -0.2) is 0 Å². The fourth-order valence-corrected chi connectivity index (χ4v) is 2.50. The van der Waals surface area contributed by atoms with Gasteiger partial charge in [-0.3, -0.25) is 4.79 Å². The number of nitrogens with zero attached hydrogens (tertiary/aromatic N) is 1. The standard InChI is InChI=1S/C20H19NO4/c1-24-17-8-3-14(4-9-17)20(16(13-21)7-12-19(22)23)15-5-10-18(25-2)11-6-15/h3-6,8-11H,7,12H2,1-2H3,(H,22,23)/i3+2,4+2,8+2,9+2,14+2,17+2/b20-16+. The van der Waals surface area contributed by atoms with E-state index in [1.165, 1.54) is 0 Å². The highest BCUT2D eigenvalue weighted by Gasteiger charge is 2.14. The van der Waals surface area contributed by atoms with E-state index < -0.39 is 5.97 Å². The van der Waals surface area contributed by atoms with Crippen LogP contribution in [0.4, 0.5) is 0 Å². The van der Waals surface area contributed by atoms with E-state index in [-0.39, 0.29) is 12.8 Å². The van der Waals surface area contributed by atoms with Crippen molar-refractivity contribution < 1.29 is 19.4 Å². The molecule has 0 amide bonds. The number of ether oxygens (including phenoxy) is 2. The molecular formula is C20H19NO4. The largest absolute Gasteiger partial charge is 0.497 e. The lowest BCUT2D eigenvalue weighted by Crippen LogP contribution is -1.99. The summed E-state index contributed by atoms with van der Waals surface area (Å²) in [7, 11) is 3.17. The number of methoxy groups -OCH3 is 2. The first-order valence-corrected chi connectivity index (χ1v) is 7.73. The highest BCUT2D eigenvalue weighted by Crippen LogP contribution is 2.31. The zero-order chi connectivity index (χ0) is 18.2. The molecule has 0 aliphatic heterocycles. The first-order chi connectivity index (χ1) is 12.1. The van der Waals surface area contributed by atoms with Gasteiger partial charge in [0.05, 0.1) is 26.7 Å². The molecular weight excluding hydrogens is 330 g/mol. The van der Waals surface area contributed by atoms with Crippen molar-refractivity contribution in [2.75, 3.05) is 14.2 Å². The number of allylic oxidation sites excluding steroid dienone is 1. The van der Waals surface area contributed by atoms with Crippen molar-refractivity contribution in [2.24, 2.45) is 0 Å². The molecule has 0 fully saturated rings. The summed E-state index contributed by atoms with van der Waals surface area (Å²) in [4.78, 5) is 10.9. The van der Waals surface area contributed by atoms with Gasteiger partial charge in [0.15, 0.2) is 0 Å². The van der Waals surface area contributed by atoms with Gasteiger partial charge in [-0.15, -0.1) is 0 Å². The van der Waals surface area contributed by atoms with Gasteiger partial charge in [-0.1, -0.05) is 24.3 Å². The van der Waals surface area contributed by atoms with Gasteiger partial charge in [0.25, 0.3) is 0 Å². The first-order valence-electron chi connectivity index (χ1n) is 7.73. The van der Waals surface area contributed by atoms with E-state index in [1.807, 2.05) is 48.5 Å². The van der Waals surface area contributed by atoms with E-state index in [0.29, 0.717) is 22.6 Å². The van der Waals surface area contributed by atoms with Crippen LogP contribution in [0.3, 0.4) is 0 Å². The van der Waals surface area contributed by atoms with E-state index in [9.17, 15) is 10.1 Å². The maximum absolute atomic E-state index is 10.9. The van der Waals surface area contributed by atoms with Crippen LogP contribution in [-0.4, -0.2) is 25.3 Å². The molecule has 0 bridgehead atoms. The van der Waals surface area contributed by atoms with Gasteiger partial charge in [-0.05, 0) is 41.8 Å². The lowest BCUT2D eigenvalue weighted by atomic mass is 10.0. The van der Waals surface area contributed by atoms with E-state index in [1.54, 1.807) is 14.2 Å². The number of carboxylic acids is 1. The summed E-state index contributed by atoms with van der Waals surface area (Å²) in [5.41, 5.74) is 2.80. The minimum Gasteiger partial charge on any atom is -0.497 e. The van der Waals surface area contributed by atoms with E-state index >= 15 is 0 Å². The van der Waals surface area contributed by atoms with Crippen LogP contribution in [0, 0.1) is 11.3 Å². The Kier molecular flexibility index (Phi) is 6.19. The molecule has 0 heterocycles. The molecule has 0 aromatic heterocycles. The molecule has 2 rings (SSSR count). The minimum absolute atomic E-state index is 0.0985. The predicted octanol–water partition coefficient (Wildman–Crippen LogP) is 3.89. The maximum atomic E-state index is 10.9. The van der Waals surface area contributed by atoms with Crippen molar-refractivity contribution in [2.45, 2.75) is 12.8 Å². The molecule has 0 saturated heterocycles. The van der Waals surface area contributed by atoms with Crippen LogP contribution in [0.2, 0.25) is 0 Å². The summed E-state index contributed by atoms with van der Waals surface area (Å²) in [6.07, 6.45) is 0.0674. The van der Waals surface area contributed by atoms with Crippen LogP contribution in [-0.2, 0) is 4.79 Å². The molecule has 5 nitrogen and oxygen atoms in total. The molecule has 25 heavy (non-hydrogen) atoms. The fourth-order valence-electron chi connectivity index (χ4n) is 2.50. The highest BCUT2D eigenvalue weighted by atomic mass is 16.7. The second-order valence-corrected chi connectivity index (χ2v) is 5.32. The van der Waals surface area contributed by atoms with E-state index in [2.05, 4.69) is 6.07 Å². The SMILES string of the molecule is COc1ccc(/C(=C(/C#N)CCC(=O)O)[14c]2[14cH][14cH][14c](OC)[14cH][14cH]2)cc1. The van der Waals surface area contributed by atoms with Crippen LogP contribution in [0.1, 0.15) is 24.0 Å². The summed E-state index contributed by atoms with van der Waals surface area (Å²) in [6, 6.07) is 16.8. The summed E-state index contributed by atoms with van der Waals surface area (Å²) in [5.74, 6) is 0.486. The van der Waals surface area contributed by atoms with Crippen molar-refractivity contribution >= 4 is 11.5 Å². The van der Waals surface area contributed by atoms with Gasteiger partial charge in [0.1, 0.15) is 11.5 Å². The molecule has 0 unspecified atom stereocenters. The quantitative estimate of drug-likeness (QED) is 0.767. The number of nitriles is 1. The number of aliphatic carboxylic acids is 1. The molecule has 0 radical (unpaired) electrons. The third-order valence-electron chi connectivity index (χ3n) is 3.78. The number of benzene rings is 2. The molecule has 0 atom stereocenters. The number of hydrogen-bond acceptors (Lipinski definition) is 4. The van der Waals surface area contributed by atoms with E-state index in [0.717, 1.165) is 11.1 Å². The molecule has 128 valence electrons. The van der Waals surface area contributed by atoms with Gasteiger partial charge >= 0.3 is 5.97 Å². The second-order valence-electron chi connectivity index (χ2n) is 5.32. The third-order valence-corrected chi connectivity index (χ3v) is 3.78. The Morgan fingerprint density at radius 3 is 2.28 bits per heavy atom. The van der Waals surface area contributed by atoms with Gasteiger partial charge < -0.3 is 14.6 Å². The topological polar surface area (TPSA) is 79.5 Å². The van der Waals surface area contributed by atoms with Crippen molar-refractivity contribution in [3.8, 4) is 17.6 Å². The number of rotatable bonds is 7. The van der Waals surface area contributed by atoms with Crippen molar-refractivity contribution in [3.05, 3.63) is 65.2 Å². The van der Waals surface area contributed by atoms with Crippen LogP contribution in [0.5, 0.6) is 11.5 Å². The van der Waals surface area contributed by atoms with E-state index in [4.69, 9.17) is 14.6 Å². The maximum Gasteiger partial charge on any atom is 0.303 e. The van der Waals surface area contributed by atoms with Gasteiger partial charge in [0.2, 0.25) is 0 Å². The Balaban J connectivity index is 2.55. The highest BCUT2D eigenvalue weighted by molar-refractivity contribution is 5.85. The van der Waals surface area contributed by atoms with Crippen molar-refractivity contribution in [1.82, 2.24) is 0 Å². The third kappa shape index (κ3) is 4.61. The first kappa shape index (κ1) is 18.1. The summed E-state index contributed by atoms with van der Waals surface area (Å²) in [5, 5.41) is 18.5. The molecule has 0 aliphatic rings. The molecule has 2 aromatic carbocycles. The monoisotopic (exact) mass is 349 g/mol. The molecule has 0 spiro atoms. The Morgan fingerprint density at radius 1 is 1.16 bits per heavy atom. The van der Waals surface area contributed by atoms with Crippen LogP contribution < -0.4 is 9.47 Å². The van der Waals surface area contributed by atoms with Gasteiger partial charge in [0, 0.05) is 11.1 Å². The van der Waals surface area contributed by atoms with Crippen LogP contribution in [0.25, 0.3) is 5.57 Å². The van der Waals surface area contributed by atoms with Gasteiger partial charge in [-0.2, -0.15) is 5.26 Å². The molecule has 0 saturated carbocycles. The molecule has 0 aliphatic carbocycles. The molecule has 5 heteroatoms. The average molecular weight is 349 g/mol. The number of hydrogen-bond donors (Lipinski definition) is 1. The second kappa shape index (κ2) is 8.55. The summed E-state index contributed by atoms with van der Waals surface area (Å²) in [6.45, 7) is 0. The minimum atomic E-state index is -0.934. The normalized spacial score (nSPS) is 11.2. The summed E-state index contributed by atoms with van der Waals surface area (Å²) >= 11 is 0. The summed E-state index contributed by atoms with van der Waals surface area (Å²) < 4.78 is 10.4. The fraction of sp³-hybridized carbons (Fsp3) is 0.200. The molecule has 2 aromatic rings. The smallest absolute Gasteiger partial charge is 0.303 e. The van der Waals surface area contributed by atoms with Crippen LogP contribution >= 0.6 is 0 Å². The zero-order valence-corrected chi connectivity index (χ0v) is 14.2. The predicted molar refractivity (Wildman–Crippen MR) is 94.5 cm³/mol. The van der Waals surface area contributed by atoms with Crippen molar-refractivity contribution in [1.29, 1.82) is 5.26 Å². The Hall–Kier alpha value is -3.26. The average Bonchev–Trinajstić information content (AvgIpc) is 2.65. The van der Waals surface area contributed by atoms with Crippen molar-refractivity contribution in [3.63, 3.8) is 0 Å². The Labute approximate surface area is 146 Å². The number of carboxylic acid groups (broad SMARTS) is 1.